The lowest BCUT2D eigenvalue weighted by atomic mass is 10.0. The van der Waals surface area contributed by atoms with Crippen molar-refractivity contribution < 1.29 is 9.26 Å². The van der Waals surface area contributed by atoms with Gasteiger partial charge < -0.3 is 19.5 Å². The van der Waals surface area contributed by atoms with E-state index in [9.17, 15) is 0 Å². The van der Waals surface area contributed by atoms with Crippen LogP contribution in [0.5, 0.6) is 0 Å². The van der Waals surface area contributed by atoms with E-state index in [4.69, 9.17) is 9.26 Å². The fraction of sp³-hybridized carbons (Fsp3) is 0.471. The van der Waals surface area contributed by atoms with E-state index >= 15 is 0 Å². The molecule has 0 aliphatic carbocycles. The molecule has 1 aliphatic rings. The van der Waals surface area contributed by atoms with Crippen molar-refractivity contribution in [1.82, 2.24) is 20.4 Å². The summed E-state index contributed by atoms with van der Waals surface area (Å²) in [5.41, 5.74) is 2.47. The van der Waals surface area contributed by atoms with Crippen LogP contribution >= 0.6 is 24.0 Å². The second kappa shape index (κ2) is 9.14. The molecule has 1 unspecified atom stereocenters. The molecule has 8 heteroatoms. The number of nitrogens with one attached hydrogen (secondary N) is 1. The Morgan fingerprint density at radius 3 is 2.84 bits per heavy atom. The predicted molar refractivity (Wildman–Crippen MR) is 106 cm³/mol. The number of morpholine rings is 1. The molecule has 0 bridgehead atoms. The third kappa shape index (κ3) is 4.91. The normalized spacial score (nSPS) is 18.0. The molecule has 25 heavy (non-hydrogen) atoms. The average molecular weight is 457 g/mol. The topological polar surface area (TPSA) is 75.8 Å². The van der Waals surface area contributed by atoms with Crippen molar-refractivity contribution in [2.24, 2.45) is 4.99 Å². The highest BCUT2D eigenvalue weighted by molar-refractivity contribution is 14.0. The van der Waals surface area contributed by atoms with Crippen LogP contribution in [-0.2, 0) is 11.3 Å². The molecular formula is C17H24IN5O2. The number of hydrogen-bond donors (Lipinski definition) is 1. The largest absolute Gasteiger partial charge is 0.370 e. The highest BCUT2D eigenvalue weighted by Crippen LogP contribution is 2.24. The Balaban J connectivity index is 0.00000225. The first kappa shape index (κ1) is 19.6. The van der Waals surface area contributed by atoms with E-state index in [-0.39, 0.29) is 30.1 Å². The van der Waals surface area contributed by atoms with Crippen molar-refractivity contribution in [1.29, 1.82) is 0 Å². The summed E-state index contributed by atoms with van der Waals surface area (Å²) in [7, 11) is 1.78. The SMILES string of the molecule is CN=C(NCc1nc(C)no1)N1CCOC(c2ccccc2C)C1.I. The minimum atomic E-state index is 0. The summed E-state index contributed by atoms with van der Waals surface area (Å²) >= 11 is 0. The molecule has 7 nitrogen and oxygen atoms in total. The summed E-state index contributed by atoms with van der Waals surface area (Å²) in [5, 5.41) is 7.07. The Morgan fingerprint density at radius 1 is 1.36 bits per heavy atom. The average Bonchev–Trinajstić information content (AvgIpc) is 3.01. The summed E-state index contributed by atoms with van der Waals surface area (Å²) < 4.78 is 11.1. The second-order valence-electron chi connectivity index (χ2n) is 5.80. The number of rotatable bonds is 3. The molecule has 2 aromatic rings. The van der Waals surface area contributed by atoms with Crippen molar-refractivity contribution >= 4 is 29.9 Å². The van der Waals surface area contributed by atoms with Crippen LogP contribution in [0.25, 0.3) is 0 Å². The maximum atomic E-state index is 5.97. The molecule has 1 saturated heterocycles. The van der Waals surface area contributed by atoms with Crippen molar-refractivity contribution in [2.75, 3.05) is 26.7 Å². The number of ether oxygens (including phenoxy) is 1. The number of halogens is 1. The standard InChI is InChI=1S/C17H23N5O2.HI/c1-12-6-4-5-7-14(12)15-11-22(8-9-23-15)17(18-3)19-10-16-20-13(2)21-24-16;/h4-7,15H,8-11H2,1-3H3,(H,18,19);1H. The number of aryl methyl sites for hydroxylation is 2. The molecule has 1 aromatic carbocycles. The lowest BCUT2D eigenvalue weighted by Gasteiger charge is -2.35. The van der Waals surface area contributed by atoms with Gasteiger partial charge in [-0.2, -0.15) is 4.98 Å². The van der Waals surface area contributed by atoms with Crippen LogP contribution in [0.2, 0.25) is 0 Å². The molecule has 0 radical (unpaired) electrons. The van der Waals surface area contributed by atoms with Gasteiger partial charge in [0.25, 0.3) is 0 Å². The number of hydrogen-bond acceptors (Lipinski definition) is 5. The molecule has 1 fully saturated rings. The van der Waals surface area contributed by atoms with Crippen LogP contribution in [0.3, 0.4) is 0 Å². The number of aliphatic imine (C=N–C) groups is 1. The summed E-state index contributed by atoms with van der Waals surface area (Å²) in [4.78, 5) is 10.8. The smallest absolute Gasteiger partial charge is 0.246 e. The van der Waals surface area contributed by atoms with Gasteiger partial charge >= 0.3 is 0 Å². The van der Waals surface area contributed by atoms with Crippen LogP contribution in [-0.4, -0.2) is 47.7 Å². The van der Waals surface area contributed by atoms with Crippen molar-refractivity contribution in [2.45, 2.75) is 26.5 Å². The fourth-order valence-electron chi connectivity index (χ4n) is 2.88. The zero-order valence-electron chi connectivity index (χ0n) is 14.7. The molecule has 1 aromatic heterocycles. The summed E-state index contributed by atoms with van der Waals surface area (Å²) in [6, 6.07) is 8.34. The van der Waals surface area contributed by atoms with Crippen molar-refractivity contribution in [3.05, 3.63) is 47.1 Å². The Hall–Kier alpha value is -1.68. The molecule has 0 amide bonds. The molecule has 3 rings (SSSR count). The van der Waals surface area contributed by atoms with Gasteiger partial charge in [-0.15, -0.1) is 24.0 Å². The van der Waals surface area contributed by atoms with E-state index in [1.807, 2.05) is 6.07 Å². The van der Waals surface area contributed by atoms with Gasteiger partial charge in [-0.25, -0.2) is 0 Å². The van der Waals surface area contributed by atoms with E-state index in [0.29, 0.717) is 24.9 Å². The van der Waals surface area contributed by atoms with Crippen LogP contribution in [0.1, 0.15) is 28.9 Å². The number of aromatic nitrogens is 2. The van der Waals surface area contributed by atoms with Crippen LogP contribution in [0, 0.1) is 13.8 Å². The zero-order valence-corrected chi connectivity index (χ0v) is 17.1. The molecule has 2 heterocycles. The monoisotopic (exact) mass is 457 g/mol. The van der Waals surface area contributed by atoms with Gasteiger partial charge in [0.1, 0.15) is 6.10 Å². The van der Waals surface area contributed by atoms with Gasteiger partial charge in [-0.3, -0.25) is 4.99 Å². The maximum absolute atomic E-state index is 5.97. The second-order valence-corrected chi connectivity index (χ2v) is 5.80. The molecule has 0 spiro atoms. The molecule has 1 atom stereocenters. The number of guanidine groups is 1. The quantitative estimate of drug-likeness (QED) is 0.434. The molecule has 0 saturated carbocycles. The molecule has 1 aliphatic heterocycles. The van der Waals surface area contributed by atoms with E-state index in [0.717, 1.165) is 19.0 Å². The Kier molecular flexibility index (Phi) is 7.18. The summed E-state index contributed by atoms with van der Waals surface area (Å²) in [5.74, 6) is 2.00. The number of nitrogens with zero attached hydrogens (tertiary/aromatic N) is 4. The minimum absolute atomic E-state index is 0. The molecular weight excluding hydrogens is 433 g/mol. The predicted octanol–water partition coefficient (Wildman–Crippen LogP) is 2.45. The molecule has 136 valence electrons. The summed E-state index contributed by atoms with van der Waals surface area (Å²) in [6.45, 7) is 6.59. The minimum Gasteiger partial charge on any atom is -0.370 e. The first-order valence-electron chi connectivity index (χ1n) is 8.09. The zero-order chi connectivity index (χ0) is 16.9. The van der Waals surface area contributed by atoms with Crippen LogP contribution < -0.4 is 5.32 Å². The van der Waals surface area contributed by atoms with Crippen molar-refractivity contribution in [3.63, 3.8) is 0 Å². The van der Waals surface area contributed by atoms with E-state index < -0.39 is 0 Å². The lowest BCUT2D eigenvalue weighted by Crippen LogP contribution is -2.48. The van der Waals surface area contributed by atoms with Gasteiger partial charge in [0.15, 0.2) is 11.8 Å². The summed E-state index contributed by atoms with van der Waals surface area (Å²) in [6.07, 6.45) is 0.0455. The third-order valence-corrected chi connectivity index (χ3v) is 4.08. The highest BCUT2D eigenvalue weighted by atomic mass is 127. The van der Waals surface area contributed by atoms with E-state index in [2.05, 4.69) is 50.5 Å². The van der Waals surface area contributed by atoms with Crippen LogP contribution in [0.15, 0.2) is 33.8 Å². The van der Waals surface area contributed by atoms with Crippen LogP contribution in [0.4, 0.5) is 0 Å². The maximum Gasteiger partial charge on any atom is 0.246 e. The number of benzene rings is 1. The Bertz CT molecular complexity index is 719. The van der Waals surface area contributed by atoms with Gasteiger partial charge in [0.2, 0.25) is 5.89 Å². The van der Waals surface area contributed by atoms with Gasteiger partial charge in [-0.05, 0) is 25.0 Å². The van der Waals surface area contributed by atoms with E-state index in [1.54, 1.807) is 14.0 Å². The van der Waals surface area contributed by atoms with Gasteiger partial charge in [-0.1, -0.05) is 29.4 Å². The third-order valence-electron chi connectivity index (χ3n) is 4.08. The fourth-order valence-corrected chi connectivity index (χ4v) is 2.88. The Labute approximate surface area is 164 Å². The Morgan fingerprint density at radius 2 is 2.16 bits per heavy atom. The lowest BCUT2D eigenvalue weighted by molar-refractivity contribution is -0.00837. The van der Waals surface area contributed by atoms with E-state index in [1.165, 1.54) is 11.1 Å². The van der Waals surface area contributed by atoms with Crippen molar-refractivity contribution in [3.8, 4) is 0 Å². The van der Waals surface area contributed by atoms with Gasteiger partial charge in [0.05, 0.1) is 19.7 Å². The highest BCUT2D eigenvalue weighted by Gasteiger charge is 2.25. The molecule has 1 N–H and O–H groups in total. The first-order chi connectivity index (χ1) is 11.7. The first-order valence-corrected chi connectivity index (χ1v) is 8.09. The van der Waals surface area contributed by atoms with Gasteiger partial charge in [0, 0.05) is 13.6 Å².